The van der Waals surface area contributed by atoms with E-state index in [9.17, 15) is 18.0 Å². The summed E-state index contributed by atoms with van der Waals surface area (Å²) in [7, 11) is -4.22. The van der Waals surface area contributed by atoms with Crippen LogP contribution in [0.3, 0.4) is 0 Å². The number of benzene rings is 4. The first-order valence-electron chi connectivity index (χ1n) is 15.4. The molecular formula is C37H42ClN3O4S. The predicted octanol–water partition coefficient (Wildman–Crippen LogP) is 7.02. The highest BCUT2D eigenvalue weighted by Gasteiger charge is 2.35. The molecule has 1 N–H and O–H groups in total. The quantitative estimate of drug-likeness (QED) is 0.167. The Hall–Kier alpha value is -4.14. The molecule has 0 aliphatic heterocycles. The lowest BCUT2D eigenvalue weighted by atomic mass is 10.0. The Bertz CT molecular complexity index is 1760. The van der Waals surface area contributed by atoms with E-state index in [2.05, 4.69) is 5.32 Å². The van der Waals surface area contributed by atoms with Crippen molar-refractivity contribution in [2.75, 3.05) is 10.8 Å². The first-order valence-corrected chi connectivity index (χ1v) is 17.3. The fraction of sp³-hybridized carbons (Fsp3) is 0.297. The van der Waals surface area contributed by atoms with Crippen LogP contribution in [0.15, 0.2) is 102 Å². The molecule has 0 fully saturated rings. The van der Waals surface area contributed by atoms with Gasteiger partial charge >= 0.3 is 0 Å². The van der Waals surface area contributed by atoms with Crippen molar-refractivity contribution in [2.45, 2.75) is 71.0 Å². The van der Waals surface area contributed by atoms with E-state index in [1.54, 1.807) is 37.3 Å². The minimum absolute atomic E-state index is 0.0471. The van der Waals surface area contributed by atoms with Gasteiger partial charge in [0.25, 0.3) is 10.0 Å². The average Bonchev–Trinajstić information content (AvgIpc) is 3.03. The van der Waals surface area contributed by atoms with Crippen molar-refractivity contribution in [3.63, 3.8) is 0 Å². The Kier molecular flexibility index (Phi) is 11.7. The lowest BCUT2D eigenvalue weighted by Crippen LogP contribution is -2.54. The molecule has 46 heavy (non-hydrogen) atoms. The second kappa shape index (κ2) is 15.4. The molecule has 0 saturated heterocycles. The van der Waals surface area contributed by atoms with Gasteiger partial charge in [0.05, 0.1) is 10.6 Å². The summed E-state index contributed by atoms with van der Waals surface area (Å²) in [5, 5.41) is 3.40. The molecule has 0 aliphatic rings. The summed E-state index contributed by atoms with van der Waals surface area (Å²) in [6.45, 7) is 9.08. The summed E-state index contributed by atoms with van der Waals surface area (Å²) in [5.41, 5.74) is 4.54. The average molecular weight is 660 g/mol. The van der Waals surface area contributed by atoms with Gasteiger partial charge in [0.15, 0.2) is 0 Å². The van der Waals surface area contributed by atoms with Crippen molar-refractivity contribution >= 4 is 39.1 Å². The zero-order valence-corrected chi connectivity index (χ0v) is 28.6. The Morgan fingerprint density at radius 1 is 0.826 bits per heavy atom. The maximum absolute atomic E-state index is 14.6. The SMILES string of the molecule is CC[C@@H](C)NC(=O)[C@@H](Cc1ccccc1)N(Cc1cccc(C)c1)C(=O)CN(c1cc(Cl)ccc1C)S(=O)(=O)c1ccc(C)cc1. The highest BCUT2D eigenvalue weighted by Crippen LogP contribution is 2.30. The number of halogens is 1. The minimum atomic E-state index is -4.22. The number of hydrogen-bond donors (Lipinski definition) is 1. The molecule has 4 aromatic carbocycles. The molecule has 0 unspecified atom stereocenters. The number of anilines is 1. The molecule has 4 aromatic rings. The maximum Gasteiger partial charge on any atom is 0.264 e. The van der Waals surface area contributed by atoms with Crippen molar-refractivity contribution in [1.82, 2.24) is 10.2 Å². The van der Waals surface area contributed by atoms with Crippen molar-refractivity contribution < 1.29 is 18.0 Å². The van der Waals surface area contributed by atoms with Gasteiger partial charge in [-0.25, -0.2) is 8.42 Å². The second-order valence-corrected chi connectivity index (χ2v) is 14.1. The third-order valence-electron chi connectivity index (χ3n) is 8.04. The minimum Gasteiger partial charge on any atom is -0.352 e. The number of hydrogen-bond acceptors (Lipinski definition) is 4. The van der Waals surface area contributed by atoms with Crippen LogP contribution in [-0.2, 0) is 32.6 Å². The van der Waals surface area contributed by atoms with E-state index in [0.717, 1.165) is 26.6 Å². The molecule has 7 nitrogen and oxygen atoms in total. The van der Waals surface area contributed by atoms with Gasteiger partial charge in [0, 0.05) is 24.0 Å². The van der Waals surface area contributed by atoms with Gasteiger partial charge in [-0.2, -0.15) is 0 Å². The van der Waals surface area contributed by atoms with E-state index >= 15 is 0 Å². The number of amides is 2. The molecule has 0 spiro atoms. The molecule has 0 saturated carbocycles. The fourth-order valence-corrected chi connectivity index (χ4v) is 6.84. The van der Waals surface area contributed by atoms with Gasteiger partial charge in [0.1, 0.15) is 12.6 Å². The molecule has 2 amide bonds. The van der Waals surface area contributed by atoms with Gasteiger partial charge in [-0.3, -0.25) is 13.9 Å². The summed E-state index contributed by atoms with van der Waals surface area (Å²) in [4.78, 5) is 30.2. The van der Waals surface area contributed by atoms with E-state index in [-0.39, 0.29) is 29.8 Å². The van der Waals surface area contributed by atoms with Gasteiger partial charge in [0.2, 0.25) is 11.8 Å². The number of aryl methyl sites for hydroxylation is 3. The van der Waals surface area contributed by atoms with Crippen molar-refractivity contribution in [3.05, 3.63) is 130 Å². The summed E-state index contributed by atoms with van der Waals surface area (Å²) in [5.74, 6) is -0.817. The van der Waals surface area contributed by atoms with Gasteiger partial charge in [-0.1, -0.05) is 102 Å². The van der Waals surface area contributed by atoms with Crippen molar-refractivity contribution in [2.24, 2.45) is 0 Å². The molecule has 4 rings (SSSR count). The van der Waals surface area contributed by atoms with E-state index in [0.29, 0.717) is 22.7 Å². The first-order chi connectivity index (χ1) is 21.9. The van der Waals surface area contributed by atoms with Crippen LogP contribution in [-0.4, -0.2) is 43.8 Å². The molecule has 0 aromatic heterocycles. The molecule has 9 heteroatoms. The second-order valence-electron chi connectivity index (χ2n) is 11.8. The van der Waals surface area contributed by atoms with E-state index in [1.165, 1.54) is 17.0 Å². The standard InChI is InChI=1S/C37H42ClN3O4S/c1-6-29(5)39-37(43)35(22-30-12-8-7-9-13-30)40(24-31-14-10-11-27(3)21-31)36(42)25-41(34-23-32(38)18-17-28(34)4)46(44,45)33-19-15-26(2)16-20-33/h7-21,23,29,35H,6,22,24-25H2,1-5H3,(H,39,43)/t29-,35-/m1/s1. The highest BCUT2D eigenvalue weighted by atomic mass is 35.5. The molecule has 0 bridgehead atoms. The van der Waals surface area contributed by atoms with E-state index in [1.807, 2.05) is 82.3 Å². The maximum atomic E-state index is 14.6. The van der Waals surface area contributed by atoms with Gasteiger partial charge in [-0.05, 0) is 75.1 Å². The number of nitrogens with zero attached hydrogens (tertiary/aromatic N) is 2. The van der Waals surface area contributed by atoms with Crippen LogP contribution in [0.2, 0.25) is 5.02 Å². The monoisotopic (exact) mass is 659 g/mol. The number of carbonyl (C=O) groups is 2. The largest absolute Gasteiger partial charge is 0.352 e. The van der Waals surface area contributed by atoms with Crippen molar-refractivity contribution in [1.29, 1.82) is 0 Å². The van der Waals surface area contributed by atoms with Crippen LogP contribution >= 0.6 is 11.6 Å². The van der Waals surface area contributed by atoms with Crippen LogP contribution < -0.4 is 9.62 Å². The molecule has 0 aliphatic carbocycles. The van der Waals surface area contributed by atoms with Crippen LogP contribution in [0.4, 0.5) is 5.69 Å². The van der Waals surface area contributed by atoms with Crippen LogP contribution in [0.25, 0.3) is 0 Å². The number of carbonyl (C=O) groups excluding carboxylic acids is 2. The third kappa shape index (κ3) is 8.77. The van der Waals surface area contributed by atoms with Gasteiger partial charge < -0.3 is 10.2 Å². The number of nitrogens with one attached hydrogen (secondary N) is 1. The lowest BCUT2D eigenvalue weighted by Gasteiger charge is -2.34. The van der Waals surface area contributed by atoms with Crippen LogP contribution in [0.1, 0.15) is 48.1 Å². The summed E-state index contributed by atoms with van der Waals surface area (Å²) in [6.07, 6.45) is 0.966. The Morgan fingerprint density at radius 2 is 1.50 bits per heavy atom. The Balaban J connectivity index is 1.84. The predicted molar refractivity (Wildman–Crippen MR) is 185 cm³/mol. The third-order valence-corrected chi connectivity index (χ3v) is 10.0. The topological polar surface area (TPSA) is 86.8 Å². The lowest BCUT2D eigenvalue weighted by molar-refractivity contribution is -0.140. The van der Waals surface area contributed by atoms with Gasteiger partial charge in [-0.15, -0.1) is 0 Å². The van der Waals surface area contributed by atoms with Crippen LogP contribution in [0, 0.1) is 20.8 Å². The Morgan fingerprint density at radius 3 is 2.15 bits per heavy atom. The van der Waals surface area contributed by atoms with E-state index in [4.69, 9.17) is 11.6 Å². The van der Waals surface area contributed by atoms with E-state index < -0.39 is 28.5 Å². The zero-order valence-electron chi connectivity index (χ0n) is 27.0. The summed E-state index contributed by atoms with van der Waals surface area (Å²) in [6, 6.07) is 27.7. The highest BCUT2D eigenvalue weighted by molar-refractivity contribution is 7.92. The number of rotatable bonds is 13. The number of sulfonamides is 1. The smallest absolute Gasteiger partial charge is 0.264 e. The van der Waals surface area contributed by atoms with Crippen molar-refractivity contribution in [3.8, 4) is 0 Å². The molecule has 0 heterocycles. The molecule has 0 radical (unpaired) electrons. The Labute approximate surface area is 278 Å². The zero-order chi connectivity index (χ0) is 33.4. The molecule has 2 atom stereocenters. The first kappa shape index (κ1) is 34.7. The fourth-order valence-electron chi connectivity index (χ4n) is 5.20. The summed E-state index contributed by atoms with van der Waals surface area (Å²) >= 11 is 6.37. The molecule has 242 valence electrons. The van der Waals surface area contributed by atoms with Crippen LogP contribution in [0.5, 0.6) is 0 Å². The summed E-state index contributed by atoms with van der Waals surface area (Å²) < 4.78 is 29.7. The molecular weight excluding hydrogens is 618 g/mol. The normalized spacial score (nSPS) is 12.7.